The molecule has 38 heavy (non-hydrogen) atoms. The van der Waals surface area contributed by atoms with Crippen molar-refractivity contribution >= 4 is 11.6 Å². The van der Waals surface area contributed by atoms with Gasteiger partial charge in [-0.2, -0.15) is 13.2 Å². The predicted octanol–water partition coefficient (Wildman–Crippen LogP) is 5.10. The lowest BCUT2D eigenvalue weighted by atomic mass is 10.1. The molecule has 1 fully saturated rings. The van der Waals surface area contributed by atoms with E-state index in [-0.39, 0.29) is 31.6 Å². The van der Waals surface area contributed by atoms with Gasteiger partial charge in [0.15, 0.2) is 5.69 Å². The molecule has 0 unspecified atom stereocenters. The number of ether oxygens (including phenoxy) is 2. The molecular formula is C27H30F3N5O3. The summed E-state index contributed by atoms with van der Waals surface area (Å²) < 4.78 is 51.9. The maximum atomic E-state index is 13.7. The summed E-state index contributed by atoms with van der Waals surface area (Å²) in [6.45, 7) is 7.17. The normalized spacial score (nSPS) is 15.9. The van der Waals surface area contributed by atoms with Gasteiger partial charge in [0.2, 0.25) is 11.8 Å². The molecule has 11 heteroatoms. The van der Waals surface area contributed by atoms with E-state index in [1.54, 1.807) is 19.3 Å². The summed E-state index contributed by atoms with van der Waals surface area (Å²) in [6.07, 6.45) is -0.670. The number of anilines is 1. The highest BCUT2D eigenvalue weighted by molar-refractivity contribution is 5.95. The molecule has 0 N–H and O–H groups in total. The van der Waals surface area contributed by atoms with Gasteiger partial charge in [-0.1, -0.05) is 6.92 Å². The number of hydrogen-bond donors (Lipinski definition) is 0. The summed E-state index contributed by atoms with van der Waals surface area (Å²) in [5, 5.41) is 0. The summed E-state index contributed by atoms with van der Waals surface area (Å²) >= 11 is 0. The summed E-state index contributed by atoms with van der Waals surface area (Å²) in [6, 6.07) is 9.90. The molecule has 202 valence electrons. The molecule has 1 saturated heterocycles. The Hall–Kier alpha value is -3.89. The number of carbonyl (C=O) groups excluding carboxylic acids is 1. The van der Waals surface area contributed by atoms with Crippen LogP contribution >= 0.6 is 0 Å². The largest absolute Gasteiger partial charge is 0.478 e. The minimum Gasteiger partial charge on any atom is -0.478 e. The minimum absolute atomic E-state index is 0.0947. The molecule has 3 aromatic rings. The van der Waals surface area contributed by atoms with Gasteiger partial charge in [0.25, 0.3) is 5.91 Å². The Bertz CT molecular complexity index is 1250. The van der Waals surface area contributed by atoms with Crippen LogP contribution in [0, 0.1) is 0 Å². The van der Waals surface area contributed by atoms with Crippen molar-refractivity contribution in [2.75, 3.05) is 37.7 Å². The molecule has 0 bridgehead atoms. The fourth-order valence-corrected chi connectivity index (χ4v) is 4.51. The van der Waals surface area contributed by atoms with Crippen LogP contribution in [0.4, 0.5) is 18.9 Å². The molecule has 0 saturated carbocycles. The number of hydrogen-bond acceptors (Lipinski definition) is 7. The van der Waals surface area contributed by atoms with Crippen LogP contribution in [0.15, 0.2) is 48.8 Å². The minimum atomic E-state index is -4.78. The third-order valence-electron chi connectivity index (χ3n) is 6.31. The van der Waals surface area contributed by atoms with Crippen LogP contribution in [0.1, 0.15) is 43.2 Å². The standard InChI is InChI=1S/C27H30F3N5O3/c1-4-18-17-34(26(36)21-10-12-23(37-5-2)33-24(21)27(28,29)30)14-15-35(18)19-9-11-22(32-16-19)20-8-7-13-31-25(20)38-6-3/h7-13,16,18H,4-6,14-15,17H2,1-3H3/t18-/m1/s1. The van der Waals surface area contributed by atoms with Gasteiger partial charge >= 0.3 is 6.18 Å². The fraction of sp³-hybridized carbons (Fsp3) is 0.407. The number of alkyl halides is 3. The zero-order valence-corrected chi connectivity index (χ0v) is 21.5. The van der Waals surface area contributed by atoms with Gasteiger partial charge in [0.1, 0.15) is 0 Å². The maximum absolute atomic E-state index is 13.7. The van der Waals surface area contributed by atoms with Crippen LogP contribution in [0.25, 0.3) is 11.3 Å². The Kier molecular flexibility index (Phi) is 8.33. The highest BCUT2D eigenvalue weighted by Crippen LogP contribution is 2.34. The lowest BCUT2D eigenvalue weighted by molar-refractivity contribution is -0.141. The topological polar surface area (TPSA) is 80.7 Å². The van der Waals surface area contributed by atoms with Crippen LogP contribution in [0.3, 0.4) is 0 Å². The molecule has 0 aromatic carbocycles. The van der Waals surface area contributed by atoms with E-state index in [9.17, 15) is 18.0 Å². The van der Waals surface area contributed by atoms with Gasteiger partial charge in [0.05, 0.1) is 41.9 Å². The van der Waals surface area contributed by atoms with E-state index in [1.165, 1.54) is 11.0 Å². The predicted molar refractivity (Wildman–Crippen MR) is 136 cm³/mol. The van der Waals surface area contributed by atoms with Gasteiger partial charge in [-0.05, 0) is 50.6 Å². The third-order valence-corrected chi connectivity index (χ3v) is 6.31. The molecule has 1 amide bonds. The van der Waals surface area contributed by atoms with E-state index in [0.717, 1.165) is 23.0 Å². The van der Waals surface area contributed by atoms with Crippen molar-refractivity contribution in [2.24, 2.45) is 0 Å². The van der Waals surface area contributed by atoms with Crippen LogP contribution in [0.5, 0.6) is 11.8 Å². The Balaban J connectivity index is 1.52. The number of piperazine rings is 1. The fourth-order valence-electron chi connectivity index (χ4n) is 4.51. The van der Waals surface area contributed by atoms with E-state index in [0.29, 0.717) is 25.5 Å². The Labute approximate surface area is 219 Å². The number of carbonyl (C=O) groups is 1. The molecule has 0 spiro atoms. The van der Waals surface area contributed by atoms with Gasteiger partial charge in [0, 0.05) is 37.9 Å². The average Bonchev–Trinajstić information content (AvgIpc) is 2.92. The lowest BCUT2D eigenvalue weighted by Gasteiger charge is -2.42. The van der Waals surface area contributed by atoms with Crippen molar-refractivity contribution in [3.8, 4) is 23.0 Å². The Morgan fingerprint density at radius 1 is 1.03 bits per heavy atom. The van der Waals surface area contributed by atoms with Crippen molar-refractivity contribution < 1.29 is 27.4 Å². The Morgan fingerprint density at radius 2 is 1.82 bits per heavy atom. The molecule has 4 rings (SSSR count). The highest BCUT2D eigenvalue weighted by Gasteiger charge is 2.40. The van der Waals surface area contributed by atoms with E-state index < -0.39 is 23.3 Å². The second-order valence-electron chi connectivity index (χ2n) is 8.67. The van der Waals surface area contributed by atoms with E-state index >= 15 is 0 Å². The molecule has 1 aliphatic heterocycles. The number of pyridine rings is 3. The van der Waals surface area contributed by atoms with Crippen molar-refractivity contribution in [3.05, 3.63) is 60.0 Å². The smallest absolute Gasteiger partial charge is 0.434 e. The van der Waals surface area contributed by atoms with Crippen LogP contribution in [-0.2, 0) is 6.18 Å². The van der Waals surface area contributed by atoms with E-state index in [2.05, 4.69) is 19.9 Å². The maximum Gasteiger partial charge on any atom is 0.434 e. The summed E-state index contributed by atoms with van der Waals surface area (Å²) in [7, 11) is 0. The molecule has 8 nitrogen and oxygen atoms in total. The number of rotatable bonds is 8. The average molecular weight is 530 g/mol. The summed E-state index contributed by atoms with van der Waals surface area (Å²) in [5.74, 6) is -0.349. The van der Waals surface area contributed by atoms with Crippen molar-refractivity contribution in [1.29, 1.82) is 0 Å². The highest BCUT2D eigenvalue weighted by atomic mass is 19.4. The van der Waals surface area contributed by atoms with Gasteiger partial charge in [-0.3, -0.25) is 9.78 Å². The zero-order chi connectivity index (χ0) is 27.3. The van der Waals surface area contributed by atoms with Gasteiger partial charge in [-0.25, -0.2) is 9.97 Å². The van der Waals surface area contributed by atoms with Crippen molar-refractivity contribution in [2.45, 2.75) is 39.4 Å². The first-order chi connectivity index (χ1) is 18.3. The van der Waals surface area contributed by atoms with Crippen molar-refractivity contribution in [1.82, 2.24) is 19.9 Å². The van der Waals surface area contributed by atoms with E-state index in [1.807, 2.05) is 38.1 Å². The SMILES string of the molecule is CCOc1ccc(C(=O)N2CCN(c3ccc(-c4cccnc4OCC)nc3)[C@H](CC)C2)c(C(F)(F)F)n1. The van der Waals surface area contributed by atoms with Crippen LogP contribution in [0.2, 0.25) is 0 Å². The first kappa shape index (κ1) is 27.2. The number of halogens is 3. The quantitative estimate of drug-likeness (QED) is 0.402. The van der Waals surface area contributed by atoms with Gasteiger partial charge < -0.3 is 19.3 Å². The van der Waals surface area contributed by atoms with E-state index in [4.69, 9.17) is 9.47 Å². The summed E-state index contributed by atoms with van der Waals surface area (Å²) in [5.41, 5.74) is 0.665. The first-order valence-electron chi connectivity index (χ1n) is 12.6. The molecule has 0 aliphatic carbocycles. The Morgan fingerprint density at radius 3 is 2.47 bits per heavy atom. The second kappa shape index (κ2) is 11.7. The summed E-state index contributed by atoms with van der Waals surface area (Å²) in [4.78, 5) is 29.3. The molecule has 0 radical (unpaired) electrons. The number of nitrogens with zero attached hydrogens (tertiary/aromatic N) is 5. The number of aromatic nitrogens is 3. The zero-order valence-electron chi connectivity index (χ0n) is 21.5. The molecule has 3 aromatic heterocycles. The monoisotopic (exact) mass is 529 g/mol. The molecular weight excluding hydrogens is 499 g/mol. The van der Waals surface area contributed by atoms with Crippen LogP contribution in [-0.4, -0.2) is 64.6 Å². The lowest BCUT2D eigenvalue weighted by Crippen LogP contribution is -2.55. The van der Waals surface area contributed by atoms with Crippen molar-refractivity contribution in [3.63, 3.8) is 0 Å². The first-order valence-corrected chi connectivity index (χ1v) is 12.6. The molecule has 4 heterocycles. The second-order valence-corrected chi connectivity index (χ2v) is 8.67. The molecule has 1 atom stereocenters. The van der Waals surface area contributed by atoms with Gasteiger partial charge in [-0.15, -0.1) is 0 Å². The number of amides is 1. The molecule has 1 aliphatic rings. The third kappa shape index (κ3) is 5.81. The van der Waals surface area contributed by atoms with Crippen LogP contribution < -0.4 is 14.4 Å².